The lowest BCUT2D eigenvalue weighted by molar-refractivity contribution is 0.236. The highest BCUT2D eigenvalue weighted by Gasteiger charge is 2.18. The Balaban J connectivity index is 1.78. The van der Waals surface area contributed by atoms with Crippen LogP contribution in [0.2, 0.25) is 0 Å². The topological polar surface area (TPSA) is 44.8 Å². The van der Waals surface area contributed by atoms with Gasteiger partial charge in [-0.2, -0.15) is 0 Å². The van der Waals surface area contributed by atoms with Crippen LogP contribution >= 0.6 is 12.2 Å². The lowest BCUT2D eigenvalue weighted by Crippen LogP contribution is -2.31. The van der Waals surface area contributed by atoms with Gasteiger partial charge in [-0.3, -0.25) is 9.88 Å². The number of H-pyrrole nitrogens is 1. The summed E-state index contributed by atoms with van der Waals surface area (Å²) in [6, 6.07) is 3.05. The van der Waals surface area contributed by atoms with E-state index in [2.05, 4.69) is 19.9 Å². The molecule has 0 unspecified atom stereocenters. The van der Waals surface area contributed by atoms with E-state index in [1.807, 2.05) is 0 Å². The summed E-state index contributed by atoms with van der Waals surface area (Å²) in [4.78, 5) is 13.4. The minimum Gasteiger partial charge on any atom is -0.334 e. The second-order valence-electron chi connectivity index (χ2n) is 4.58. The number of aromatic nitrogens is 3. The van der Waals surface area contributed by atoms with Gasteiger partial charge in [-0.25, -0.2) is 9.37 Å². The molecule has 0 spiro atoms. The molecule has 0 aliphatic carbocycles. The highest BCUT2D eigenvalue weighted by Crippen LogP contribution is 2.18. The molecule has 0 fully saturated rings. The van der Waals surface area contributed by atoms with Crippen LogP contribution in [0.5, 0.6) is 0 Å². The zero-order valence-corrected chi connectivity index (χ0v) is 11.1. The van der Waals surface area contributed by atoms with Crippen molar-refractivity contribution in [1.82, 2.24) is 19.9 Å². The van der Waals surface area contributed by atoms with Gasteiger partial charge in [-0.1, -0.05) is 0 Å². The predicted molar refractivity (Wildman–Crippen MR) is 71.4 cm³/mol. The Bertz CT molecular complexity index is 655. The second-order valence-corrected chi connectivity index (χ2v) is 4.97. The van der Waals surface area contributed by atoms with E-state index in [1.54, 1.807) is 18.5 Å². The highest BCUT2D eigenvalue weighted by atomic mass is 32.1. The molecule has 3 rings (SSSR count). The number of nitrogens with one attached hydrogen (secondary N) is 1. The number of hydrogen-bond donors (Lipinski definition) is 1. The van der Waals surface area contributed by atoms with Crippen molar-refractivity contribution in [3.8, 4) is 0 Å². The van der Waals surface area contributed by atoms with E-state index in [-0.39, 0.29) is 5.82 Å². The maximum atomic E-state index is 13.6. The largest absolute Gasteiger partial charge is 0.334 e. The number of hydrogen-bond acceptors (Lipinski definition) is 4. The van der Waals surface area contributed by atoms with Crippen molar-refractivity contribution in [2.45, 2.75) is 19.5 Å². The molecule has 3 heterocycles. The molecule has 19 heavy (non-hydrogen) atoms. The molecule has 0 bridgehead atoms. The third-order valence-electron chi connectivity index (χ3n) is 3.26. The van der Waals surface area contributed by atoms with Gasteiger partial charge in [0.05, 0.1) is 5.69 Å². The summed E-state index contributed by atoms with van der Waals surface area (Å²) in [5.41, 5.74) is 2.75. The van der Waals surface area contributed by atoms with Gasteiger partial charge in [0.1, 0.15) is 5.82 Å². The monoisotopic (exact) mass is 276 g/mol. The summed E-state index contributed by atoms with van der Waals surface area (Å²) in [6.45, 7) is 2.12. The Kier molecular flexibility index (Phi) is 3.35. The smallest absolute Gasteiger partial charge is 0.196 e. The molecule has 0 saturated heterocycles. The van der Waals surface area contributed by atoms with Crippen molar-refractivity contribution in [2.75, 3.05) is 6.54 Å². The van der Waals surface area contributed by atoms with Gasteiger partial charge < -0.3 is 4.98 Å². The van der Waals surface area contributed by atoms with Crippen molar-refractivity contribution >= 4 is 12.2 Å². The molecule has 4 nitrogen and oxygen atoms in total. The van der Waals surface area contributed by atoms with Crippen molar-refractivity contribution in [1.29, 1.82) is 0 Å². The van der Waals surface area contributed by atoms with Gasteiger partial charge in [0.15, 0.2) is 4.77 Å². The van der Waals surface area contributed by atoms with E-state index >= 15 is 0 Å². The molecule has 1 aliphatic heterocycles. The summed E-state index contributed by atoms with van der Waals surface area (Å²) in [7, 11) is 0. The van der Waals surface area contributed by atoms with Gasteiger partial charge in [-0.15, -0.1) is 0 Å². The number of halogens is 1. The van der Waals surface area contributed by atoms with E-state index in [4.69, 9.17) is 12.2 Å². The molecule has 0 amide bonds. The van der Waals surface area contributed by atoms with Gasteiger partial charge in [0, 0.05) is 49.7 Å². The summed E-state index contributed by atoms with van der Waals surface area (Å²) in [5.74, 6) is -0.251. The SMILES string of the molecule is Fc1cccnc1CN1CCc2[nH]c(=S)ncc2C1. The van der Waals surface area contributed by atoms with Crippen molar-refractivity contribution < 1.29 is 4.39 Å². The zero-order valence-electron chi connectivity index (χ0n) is 10.3. The number of pyridine rings is 1. The molecule has 2 aromatic rings. The molecule has 98 valence electrons. The summed E-state index contributed by atoms with van der Waals surface area (Å²) in [5, 5.41) is 0. The van der Waals surface area contributed by atoms with Crippen LogP contribution in [0.3, 0.4) is 0 Å². The molecular formula is C13H13FN4S. The van der Waals surface area contributed by atoms with Crippen LogP contribution in [0.4, 0.5) is 4.39 Å². The first-order chi connectivity index (χ1) is 9.22. The Hall–Kier alpha value is -1.66. The highest BCUT2D eigenvalue weighted by molar-refractivity contribution is 7.71. The van der Waals surface area contributed by atoms with E-state index in [1.165, 1.54) is 6.07 Å². The Morgan fingerprint density at radius 3 is 3.16 bits per heavy atom. The fraction of sp³-hybridized carbons (Fsp3) is 0.308. The third kappa shape index (κ3) is 2.69. The fourth-order valence-corrected chi connectivity index (χ4v) is 2.46. The van der Waals surface area contributed by atoms with Crippen LogP contribution in [0.15, 0.2) is 24.5 Å². The molecule has 6 heteroatoms. The number of rotatable bonds is 2. The molecular weight excluding hydrogens is 263 g/mol. The van der Waals surface area contributed by atoms with Crippen molar-refractivity contribution in [3.05, 3.63) is 52.1 Å². The van der Waals surface area contributed by atoms with Gasteiger partial charge in [-0.05, 0) is 24.4 Å². The molecule has 1 N–H and O–H groups in total. The Labute approximate surface area is 115 Å². The third-order valence-corrected chi connectivity index (χ3v) is 3.47. The quantitative estimate of drug-likeness (QED) is 0.854. The molecule has 0 atom stereocenters. The van der Waals surface area contributed by atoms with Crippen LogP contribution < -0.4 is 0 Å². The molecule has 0 radical (unpaired) electrons. The van der Waals surface area contributed by atoms with E-state index < -0.39 is 0 Å². The summed E-state index contributed by atoms with van der Waals surface area (Å²) >= 11 is 5.01. The first-order valence-corrected chi connectivity index (χ1v) is 6.52. The van der Waals surface area contributed by atoms with Crippen molar-refractivity contribution in [2.24, 2.45) is 0 Å². The lowest BCUT2D eigenvalue weighted by atomic mass is 10.1. The maximum Gasteiger partial charge on any atom is 0.196 e. The van der Waals surface area contributed by atoms with E-state index in [0.29, 0.717) is 17.0 Å². The fourth-order valence-electron chi connectivity index (χ4n) is 2.29. The number of fused-ring (bicyclic) bond motifs is 1. The Morgan fingerprint density at radius 2 is 2.32 bits per heavy atom. The van der Waals surface area contributed by atoms with Gasteiger partial charge in [0.2, 0.25) is 0 Å². The van der Waals surface area contributed by atoms with Gasteiger partial charge >= 0.3 is 0 Å². The first kappa shape index (κ1) is 12.4. The molecule has 1 aliphatic rings. The minimum atomic E-state index is -0.251. The zero-order chi connectivity index (χ0) is 13.2. The second kappa shape index (κ2) is 5.14. The predicted octanol–water partition coefficient (Wildman–Crippen LogP) is 2.23. The van der Waals surface area contributed by atoms with Gasteiger partial charge in [0.25, 0.3) is 0 Å². The minimum absolute atomic E-state index is 0.251. The summed E-state index contributed by atoms with van der Waals surface area (Å²) in [6.07, 6.45) is 4.29. The average Bonchev–Trinajstić information content (AvgIpc) is 2.41. The number of aromatic amines is 1. The van der Waals surface area contributed by atoms with Crippen LogP contribution in [-0.2, 0) is 19.5 Å². The molecule has 0 saturated carbocycles. The van der Waals surface area contributed by atoms with E-state index in [9.17, 15) is 4.39 Å². The number of nitrogens with zero attached hydrogens (tertiary/aromatic N) is 3. The first-order valence-electron chi connectivity index (χ1n) is 6.11. The Morgan fingerprint density at radius 1 is 1.42 bits per heavy atom. The molecule has 2 aromatic heterocycles. The molecule has 0 aromatic carbocycles. The lowest BCUT2D eigenvalue weighted by Gasteiger charge is -2.27. The van der Waals surface area contributed by atoms with Crippen molar-refractivity contribution in [3.63, 3.8) is 0 Å². The maximum absolute atomic E-state index is 13.6. The van der Waals surface area contributed by atoms with Crippen LogP contribution in [0.25, 0.3) is 0 Å². The average molecular weight is 276 g/mol. The van der Waals surface area contributed by atoms with Crippen LogP contribution in [-0.4, -0.2) is 26.4 Å². The van der Waals surface area contributed by atoms with E-state index in [0.717, 1.165) is 30.8 Å². The van der Waals surface area contributed by atoms with Crippen LogP contribution in [0, 0.1) is 10.6 Å². The standard InChI is InChI=1S/C13H13FN4S/c14-10-2-1-4-15-12(10)8-18-5-3-11-9(7-18)6-16-13(19)17-11/h1-2,4,6H,3,5,7-8H2,(H,16,17,19). The summed E-state index contributed by atoms with van der Waals surface area (Å²) < 4.78 is 14.1. The van der Waals surface area contributed by atoms with Crippen LogP contribution in [0.1, 0.15) is 17.0 Å². The normalized spacial score (nSPS) is 15.2.